The Hall–Kier alpha value is -1.26. The first-order chi connectivity index (χ1) is 12.1. The van der Waals surface area contributed by atoms with Gasteiger partial charge in [0.15, 0.2) is 5.79 Å². The van der Waals surface area contributed by atoms with E-state index in [1.807, 2.05) is 24.3 Å². The van der Waals surface area contributed by atoms with Crippen molar-refractivity contribution in [2.45, 2.75) is 77.3 Å². The molecule has 0 bridgehead atoms. The predicted molar refractivity (Wildman–Crippen MR) is 98.1 cm³/mol. The SMILES string of the molecule is CCC(C)Oc1ccc(OCC2COC(C)(C3CCCCC3)O2)cc1. The first-order valence-corrected chi connectivity index (χ1v) is 9.80. The summed E-state index contributed by atoms with van der Waals surface area (Å²) >= 11 is 0. The Balaban J connectivity index is 1.46. The van der Waals surface area contributed by atoms with Crippen molar-refractivity contribution in [3.05, 3.63) is 24.3 Å². The lowest BCUT2D eigenvalue weighted by Gasteiger charge is -2.35. The number of hydrogen-bond donors (Lipinski definition) is 0. The summed E-state index contributed by atoms with van der Waals surface area (Å²) in [4.78, 5) is 0. The van der Waals surface area contributed by atoms with Crippen molar-refractivity contribution in [2.24, 2.45) is 5.92 Å². The fourth-order valence-electron chi connectivity index (χ4n) is 3.70. The molecule has 1 aromatic rings. The highest BCUT2D eigenvalue weighted by atomic mass is 16.7. The molecule has 0 amide bonds. The molecule has 4 nitrogen and oxygen atoms in total. The van der Waals surface area contributed by atoms with E-state index in [1.165, 1.54) is 32.1 Å². The van der Waals surface area contributed by atoms with E-state index in [2.05, 4.69) is 20.8 Å². The van der Waals surface area contributed by atoms with E-state index < -0.39 is 5.79 Å². The highest BCUT2D eigenvalue weighted by Crippen LogP contribution is 2.39. The molecular weight excluding hydrogens is 316 g/mol. The Morgan fingerprint density at radius 1 is 1.12 bits per heavy atom. The van der Waals surface area contributed by atoms with E-state index >= 15 is 0 Å². The van der Waals surface area contributed by atoms with Crippen molar-refractivity contribution in [2.75, 3.05) is 13.2 Å². The molecule has 0 spiro atoms. The third kappa shape index (κ3) is 4.89. The molecule has 1 heterocycles. The van der Waals surface area contributed by atoms with Crippen molar-refractivity contribution in [1.82, 2.24) is 0 Å². The topological polar surface area (TPSA) is 36.9 Å². The van der Waals surface area contributed by atoms with Crippen LogP contribution in [0.3, 0.4) is 0 Å². The lowest BCUT2D eigenvalue weighted by molar-refractivity contribution is -0.199. The molecule has 1 saturated carbocycles. The maximum absolute atomic E-state index is 6.23. The van der Waals surface area contributed by atoms with Gasteiger partial charge in [-0.25, -0.2) is 0 Å². The largest absolute Gasteiger partial charge is 0.491 e. The van der Waals surface area contributed by atoms with Crippen LogP contribution in [-0.4, -0.2) is 31.2 Å². The summed E-state index contributed by atoms with van der Waals surface area (Å²) in [6, 6.07) is 7.82. The zero-order valence-corrected chi connectivity index (χ0v) is 15.8. The van der Waals surface area contributed by atoms with Crippen LogP contribution in [0, 0.1) is 5.92 Å². The molecule has 1 aliphatic heterocycles. The van der Waals surface area contributed by atoms with Gasteiger partial charge in [0.25, 0.3) is 0 Å². The normalized spacial score (nSPS) is 28.7. The van der Waals surface area contributed by atoms with Crippen LogP contribution >= 0.6 is 0 Å². The molecule has 25 heavy (non-hydrogen) atoms. The Bertz CT molecular complexity index is 523. The smallest absolute Gasteiger partial charge is 0.169 e. The monoisotopic (exact) mass is 348 g/mol. The molecule has 0 N–H and O–H groups in total. The van der Waals surface area contributed by atoms with E-state index in [-0.39, 0.29) is 12.2 Å². The standard InChI is InChI=1S/C21H32O4/c1-4-16(2)24-19-12-10-18(11-13-19)22-14-20-15-23-21(3,25-20)17-8-6-5-7-9-17/h10-13,16-17,20H,4-9,14-15H2,1-3H3. The van der Waals surface area contributed by atoms with Crippen LogP contribution in [0.2, 0.25) is 0 Å². The van der Waals surface area contributed by atoms with Crippen molar-refractivity contribution in [3.63, 3.8) is 0 Å². The van der Waals surface area contributed by atoms with E-state index in [9.17, 15) is 0 Å². The summed E-state index contributed by atoms with van der Waals surface area (Å²) < 4.78 is 24.0. The predicted octanol–water partition coefficient (Wildman–Crippen LogP) is 4.95. The first-order valence-electron chi connectivity index (χ1n) is 9.80. The summed E-state index contributed by atoms with van der Waals surface area (Å²) in [6.45, 7) is 7.43. The number of rotatable bonds is 7. The van der Waals surface area contributed by atoms with Gasteiger partial charge >= 0.3 is 0 Å². The second-order valence-corrected chi connectivity index (χ2v) is 7.52. The van der Waals surface area contributed by atoms with Crippen molar-refractivity contribution >= 4 is 0 Å². The molecule has 3 unspecified atom stereocenters. The van der Waals surface area contributed by atoms with Crippen LogP contribution in [0.1, 0.15) is 59.3 Å². The zero-order valence-electron chi connectivity index (χ0n) is 15.8. The van der Waals surface area contributed by atoms with Crippen LogP contribution in [0.25, 0.3) is 0 Å². The molecule has 3 atom stereocenters. The fourth-order valence-corrected chi connectivity index (χ4v) is 3.70. The van der Waals surface area contributed by atoms with Crippen LogP contribution in [0.4, 0.5) is 0 Å². The highest BCUT2D eigenvalue weighted by Gasteiger charge is 2.44. The van der Waals surface area contributed by atoms with Crippen LogP contribution < -0.4 is 9.47 Å². The van der Waals surface area contributed by atoms with Crippen molar-refractivity contribution < 1.29 is 18.9 Å². The molecule has 1 aliphatic carbocycles. The number of ether oxygens (including phenoxy) is 4. The van der Waals surface area contributed by atoms with E-state index in [4.69, 9.17) is 18.9 Å². The van der Waals surface area contributed by atoms with E-state index in [0.29, 0.717) is 19.1 Å². The van der Waals surface area contributed by atoms with Gasteiger partial charge in [-0.2, -0.15) is 0 Å². The van der Waals surface area contributed by atoms with Gasteiger partial charge in [-0.3, -0.25) is 0 Å². The lowest BCUT2D eigenvalue weighted by Crippen LogP contribution is -2.38. The zero-order chi connectivity index (χ0) is 17.7. The second kappa shape index (κ2) is 8.41. The van der Waals surface area contributed by atoms with Gasteiger partial charge < -0.3 is 18.9 Å². The molecule has 4 heteroatoms. The van der Waals surface area contributed by atoms with Crippen molar-refractivity contribution in [3.8, 4) is 11.5 Å². The third-order valence-electron chi connectivity index (χ3n) is 5.48. The van der Waals surface area contributed by atoms with Crippen LogP contribution in [-0.2, 0) is 9.47 Å². The minimum atomic E-state index is -0.428. The lowest BCUT2D eigenvalue weighted by atomic mass is 9.84. The Kier molecular flexibility index (Phi) is 6.24. The number of hydrogen-bond acceptors (Lipinski definition) is 4. The van der Waals surface area contributed by atoms with Gasteiger partial charge in [0.1, 0.15) is 24.2 Å². The van der Waals surface area contributed by atoms with Crippen LogP contribution in [0.5, 0.6) is 11.5 Å². The summed E-state index contributed by atoms with van der Waals surface area (Å²) in [5.41, 5.74) is 0. The quantitative estimate of drug-likeness (QED) is 0.698. The summed E-state index contributed by atoms with van der Waals surface area (Å²) in [6.07, 6.45) is 7.57. The molecule has 1 saturated heterocycles. The highest BCUT2D eigenvalue weighted by molar-refractivity contribution is 5.31. The summed E-state index contributed by atoms with van der Waals surface area (Å²) in [7, 11) is 0. The Morgan fingerprint density at radius 3 is 2.48 bits per heavy atom. The average molecular weight is 348 g/mol. The third-order valence-corrected chi connectivity index (χ3v) is 5.48. The first kappa shape index (κ1) is 18.5. The minimum absolute atomic E-state index is 0.00275. The molecule has 2 aliphatic rings. The minimum Gasteiger partial charge on any atom is -0.491 e. The van der Waals surface area contributed by atoms with Crippen LogP contribution in [0.15, 0.2) is 24.3 Å². The van der Waals surface area contributed by atoms with E-state index in [1.54, 1.807) is 0 Å². The number of benzene rings is 1. The molecule has 140 valence electrons. The van der Waals surface area contributed by atoms with Gasteiger partial charge in [-0.1, -0.05) is 26.2 Å². The maximum atomic E-state index is 6.23. The van der Waals surface area contributed by atoms with E-state index in [0.717, 1.165) is 17.9 Å². The van der Waals surface area contributed by atoms with Gasteiger partial charge in [0, 0.05) is 5.92 Å². The molecule has 1 aromatic carbocycles. The molecule has 0 radical (unpaired) electrons. The van der Waals surface area contributed by atoms with Gasteiger partial charge in [-0.05, 0) is 57.4 Å². The fraction of sp³-hybridized carbons (Fsp3) is 0.714. The average Bonchev–Trinajstić information content (AvgIpc) is 3.04. The summed E-state index contributed by atoms with van der Waals surface area (Å²) in [5.74, 6) is 1.81. The Morgan fingerprint density at radius 2 is 1.80 bits per heavy atom. The molecule has 3 rings (SSSR count). The molecule has 2 fully saturated rings. The van der Waals surface area contributed by atoms with Gasteiger partial charge in [0.2, 0.25) is 0 Å². The Labute approximate surface area is 151 Å². The van der Waals surface area contributed by atoms with Gasteiger partial charge in [0.05, 0.1) is 12.7 Å². The van der Waals surface area contributed by atoms with Gasteiger partial charge in [-0.15, -0.1) is 0 Å². The summed E-state index contributed by atoms with van der Waals surface area (Å²) in [5, 5.41) is 0. The van der Waals surface area contributed by atoms with Crippen molar-refractivity contribution in [1.29, 1.82) is 0 Å². The molecule has 0 aromatic heterocycles. The molecular formula is C21H32O4. The second-order valence-electron chi connectivity index (χ2n) is 7.52. The maximum Gasteiger partial charge on any atom is 0.169 e.